The first-order valence-electron chi connectivity index (χ1n) is 6.51. The third-order valence-electron chi connectivity index (χ3n) is 2.88. The van der Waals surface area contributed by atoms with E-state index < -0.39 is 6.03 Å². The maximum absolute atomic E-state index is 11.0. The molecule has 0 aliphatic heterocycles. The molecule has 0 saturated carbocycles. The summed E-state index contributed by atoms with van der Waals surface area (Å²) in [4.78, 5) is 11.0. The topological polar surface area (TPSA) is 84.6 Å². The Bertz CT molecular complexity index is 452. The van der Waals surface area contributed by atoms with Crippen molar-refractivity contribution in [3.05, 3.63) is 28.8 Å². The lowest BCUT2D eigenvalue weighted by molar-refractivity contribution is 0.201. The molecule has 1 unspecified atom stereocenters. The summed E-state index contributed by atoms with van der Waals surface area (Å²) >= 11 is 6.04. The van der Waals surface area contributed by atoms with Gasteiger partial charge in [-0.3, -0.25) is 0 Å². The Labute approximate surface area is 124 Å². The summed E-state index contributed by atoms with van der Waals surface area (Å²) < 4.78 is 5.35. The van der Waals surface area contributed by atoms with Gasteiger partial charge in [0.05, 0.1) is 6.61 Å². The predicted molar refractivity (Wildman–Crippen MR) is 79.1 cm³/mol. The molecule has 0 spiro atoms. The van der Waals surface area contributed by atoms with Crippen LogP contribution in [0, 0.1) is 5.92 Å². The van der Waals surface area contributed by atoms with E-state index in [2.05, 4.69) is 5.32 Å². The van der Waals surface area contributed by atoms with E-state index in [1.54, 1.807) is 6.07 Å². The van der Waals surface area contributed by atoms with Crippen LogP contribution in [0.1, 0.15) is 19.4 Å². The number of urea groups is 1. The maximum Gasteiger partial charge on any atom is 0.312 e. The van der Waals surface area contributed by atoms with Gasteiger partial charge in [0, 0.05) is 11.1 Å². The zero-order valence-corrected chi connectivity index (χ0v) is 12.5. The zero-order valence-electron chi connectivity index (χ0n) is 11.7. The van der Waals surface area contributed by atoms with Gasteiger partial charge in [-0.2, -0.15) is 0 Å². The van der Waals surface area contributed by atoms with Gasteiger partial charge in [-0.25, -0.2) is 4.79 Å². The number of carbonyl (C=O) groups is 1. The second-order valence-electron chi connectivity index (χ2n) is 4.93. The number of aliphatic hydroxyl groups excluding tert-OH is 1. The lowest BCUT2D eigenvalue weighted by Crippen LogP contribution is -2.43. The Morgan fingerprint density at radius 1 is 1.45 bits per heavy atom. The lowest BCUT2D eigenvalue weighted by atomic mass is 9.96. The number of primary amides is 1. The second-order valence-corrected chi connectivity index (χ2v) is 5.37. The summed E-state index contributed by atoms with van der Waals surface area (Å²) in [6.45, 7) is 4.18. The van der Waals surface area contributed by atoms with E-state index in [1.807, 2.05) is 26.0 Å². The first kappa shape index (κ1) is 16.6. The highest BCUT2D eigenvalue weighted by Crippen LogP contribution is 2.23. The Balaban J connectivity index is 2.83. The molecule has 1 aromatic rings. The molecule has 5 nitrogen and oxygen atoms in total. The smallest absolute Gasteiger partial charge is 0.312 e. The molecule has 1 aromatic carbocycles. The number of benzene rings is 1. The van der Waals surface area contributed by atoms with E-state index in [4.69, 9.17) is 27.2 Å². The molecule has 6 heteroatoms. The predicted octanol–water partition coefficient (Wildman–Crippen LogP) is 1.95. The van der Waals surface area contributed by atoms with Gasteiger partial charge in [0.1, 0.15) is 12.4 Å². The molecule has 112 valence electrons. The SMILES string of the molecule is CC(C)C(Cc1cc(Cl)cc(OCCO)c1)NC(N)=O. The van der Waals surface area contributed by atoms with E-state index in [-0.39, 0.29) is 25.2 Å². The van der Waals surface area contributed by atoms with Crippen LogP contribution in [0.15, 0.2) is 18.2 Å². The van der Waals surface area contributed by atoms with Gasteiger partial charge in [-0.15, -0.1) is 0 Å². The molecule has 0 heterocycles. The molecule has 20 heavy (non-hydrogen) atoms. The van der Waals surface area contributed by atoms with Crippen molar-refractivity contribution in [3.8, 4) is 5.75 Å². The van der Waals surface area contributed by atoms with Crippen LogP contribution >= 0.6 is 11.6 Å². The number of halogens is 1. The molecular weight excluding hydrogens is 280 g/mol. The molecule has 0 aliphatic rings. The van der Waals surface area contributed by atoms with Crippen LogP contribution < -0.4 is 15.8 Å². The Morgan fingerprint density at radius 2 is 2.15 bits per heavy atom. The number of aliphatic hydroxyl groups is 1. The highest BCUT2D eigenvalue weighted by molar-refractivity contribution is 6.30. The van der Waals surface area contributed by atoms with Crippen molar-refractivity contribution in [2.75, 3.05) is 13.2 Å². The van der Waals surface area contributed by atoms with Gasteiger partial charge in [0.15, 0.2) is 0 Å². The summed E-state index contributed by atoms with van der Waals surface area (Å²) in [7, 11) is 0. The van der Waals surface area contributed by atoms with Crippen molar-refractivity contribution < 1.29 is 14.6 Å². The third kappa shape index (κ3) is 5.67. The second kappa shape index (κ2) is 7.97. The molecule has 0 radical (unpaired) electrons. The van der Waals surface area contributed by atoms with Gasteiger partial charge in [-0.05, 0) is 36.1 Å². The summed E-state index contributed by atoms with van der Waals surface area (Å²) in [5.74, 6) is 0.839. The number of hydrogen-bond donors (Lipinski definition) is 3. The van der Waals surface area contributed by atoms with Crippen LogP contribution in [0.25, 0.3) is 0 Å². The Hall–Kier alpha value is -1.46. The number of amides is 2. The number of ether oxygens (including phenoxy) is 1. The van der Waals surface area contributed by atoms with Crippen LogP contribution in [-0.4, -0.2) is 30.4 Å². The molecule has 0 aromatic heterocycles. The lowest BCUT2D eigenvalue weighted by Gasteiger charge is -2.21. The van der Waals surface area contributed by atoms with Crippen LogP contribution in [0.5, 0.6) is 5.75 Å². The summed E-state index contributed by atoms with van der Waals surface area (Å²) in [5, 5.41) is 12.0. The summed E-state index contributed by atoms with van der Waals surface area (Å²) in [5.41, 5.74) is 6.12. The third-order valence-corrected chi connectivity index (χ3v) is 3.10. The number of nitrogens with one attached hydrogen (secondary N) is 1. The van der Waals surface area contributed by atoms with Crippen LogP contribution in [-0.2, 0) is 6.42 Å². The molecule has 0 aliphatic carbocycles. The minimum absolute atomic E-state index is 0.0559. The van der Waals surface area contributed by atoms with E-state index in [0.717, 1.165) is 5.56 Å². The van der Waals surface area contributed by atoms with Crippen molar-refractivity contribution in [1.82, 2.24) is 5.32 Å². The molecule has 0 saturated heterocycles. The number of nitrogens with two attached hydrogens (primary N) is 1. The average molecular weight is 301 g/mol. The van der Waals surface area contributed by atoms with Crippen molar-refractivity contribution in [2.24, 2.45) is 11.7 Å². The molecule has 1 rings (SSSR count). The first-order valence-corrected chi connectivity index (χ1v) is 6.89. The van der Waals surface area contributed by atoms with Crippen LogP contribution in [0.4, 0.5) is 4.79 Å². The quantitative estimate of drug-likeness (QED) is 0.719. The fourth-order valence-electron chi connectivity index (χ4n) is 1.88. The van der Waals surface area contributed by atoms with Crippen molar-refractivity contribution in [2.45, 2.75) is 26.3 Å². The summed E-state index contributed by atoms with van der Waals surface area (Å²) in [6, 6.07) is 4.75. The zero-order chi connectivity index (χ0) is 15.1. The van der Waals surface area contributed by atoms with E-state index in [0.29, 0.717) is 17.2 Å². The molecule has 1 atom stereocenters. The number of carbonyl (C=O) groups excluding carboxylic acids is 1. The molecule has 4 N–H and O–H groups in total. The molecular formula is C14H21ClN2O3. The van der Waals surface area contributed by atoms with Crippen molar-refractivity contribution in [3.63, 3.8) is 0 Å². The van der Waals surface area contributed by atoms with Gasteiger partial charge in [0.25, 0.3) is 0 Å². The highest BCUT2D eigenvalue weighted by atomic mass is 35.5. The highest BCUT2D eigenvalue weighted by Gasteiger charge is 2.16. The van der Waals surface area contributed by atoms with Gasteiger partial charge < -0.3 is 20.9 Å². The van der Waals surface area contributed by atoms with E-state index >= 15 is 0 Å². The Morgan fingerprint density at radius 3 is 2.70 bits per heavy atom. The number of rotatable bonds is 7. The monoisotopic (exact) mass is 300 g/mol. The van der Waals surface area contributed by atoms with Gasteiger partial charge in [-0.1, -0.05) is 25.4 Å². The van der Waals surface area contributed by atoms with Crippen LogP contribution in [0.2, 0.25) is 5.02 Å². The van der Waals surface area contributed by atoms with E-state index in [1.165, 1.54) is 0 Å². The fourth-order valence-corrected chi connectivity index (χ4v) is 2.12. The van der Waals surface area contributed by atoms with E-state index in [9.17, 15) is 4.79 Å². The Kier molecular flexibility index (Phi) is 6.61. The maximum atomic E-state index is 11.0. The van der Waals surface area contributed by atoms with Crippen molar-refractivity contribution >= 4 is 17.6 Å². The number of hydrogen-bond acceptors (Lipinski definition) is 3. The van der Waals surface area contributed by atoms with Crippen LogP contribution in [0.3, 0.4) is 0 Å². The molecule has 0 bridgehead atoms. The first-order chi connectivity index (χ1) is 9.42. The van der Waals surface area contributed by atoms with Gasteiger partial charge in [0.2, 0.25) is 0 Å². The fraction of sp³-hybridized carbons (Fsp3) is 0.500. The molecule has 2 amide bonds. The minimum atomic E-state index is -0.539. The van der Waals surface area contributed by atoms with Crippen molar-refractivity contribution in [1.29, 1.82) is 0 Å². The normalized spacial score (nSPS) is 12.2. The minimum Gasteiger partial charge on any atom is -0.491 e. The molecule has 0 fully saturated rings. The largest absolute Gasteiger partial charge is 0.491 e. The standard InChI is InChI=1S/C14H21ClN2O3/c1-9(2)13(17-14(16)19)7-10-5-11(15)8-12(6-10)20-4-3-18/h5-6,8-9,13,18H,3-4,7H2,1-2H3,(H3,16,17,19). The average Bonchev–Trinajstić information content (AvgIpc) is 2.34. The summed E-state index contributed by atoms with van der Waals surface area (Å²) in [6.07, 6.45) is 0.608. The van der Waals surface area contributed by atoms with Gasteiger partial charge >= 0.3 is 6.03 Å².